The van der Waals surface area contributed by atoms with E-state index in [1.807, 2.05) is 13.8 Å². The van der Waals surface area contributed by atoms with Crippen molar-refractivity contribution in [3.63, 3.8) is 0 Å². The van der Waals surface area contributed by atoms with Crippen molar-refractivity contribution >= 4 is 0 Å². The van der Waals surface area contributed by atoms with Gasteiger partial charge in [0.2, 0.25) is 0 Å². The SMILES string of the molecule is CCCCCCCCCCC(OCC)=C(OCC)C(CCCCC)OCOCOC(CCCCC)C(OCC)=C(CCCCCCCCCC)OCC. The van der Waals surface area contributed by atoms with Crippen LogP contribution in [0, 0.1) is 0 Å². The van der Waals surface area contributed by atoms with Gasteiger partial charge in [-0.2, -0.15) is 0 Å². The molecule has 0 fully saturated rings. The Morgan fingerprint density at radius 1 is 0.340 bits per heavy atom. The first-order chi connectivity index (χ1) is 26.1. The second-order valence-electron chi connectivity index (χ2n) is 14.5. The minimum absolute atomic E-state index is 0.121. The largest absolute Gasteiger partial charge is 0.495 e. The van der Waals surface area contributed by atoms with E-state index < -0.39 is 0 Å². The van der Waals surface area contributed by atoms with Crippen molar-refractivity contribution in [1.29, 1.82) is 0 Å². The van der Waals surface area contributed by atoms with Crippen molar-refractivity contribution in [2.24, 2.45) is 0 Å². The van der Waals surface area contributed by atoms with E-state index in [4.69, 9.17) is 33.2 Å². The molecular weight excluding hydrogens is 664 g/mol. The van der Waals surface area contributed by atoms with Gasteiger partial charge in [0.25, 0.3) is 0 Å². The fourth-order valence-corrected chi connectivity index (χ4v) is 6.77. The highest BCUT2D eigenvalue weighted by atomic mass is 16.7. The third kappa shape index (κ3) is 28.6. The van der Waals surface area contributed by atoms with E-state index in [1.165, 1.54) is 89.9 Å². The van der Waals surface area contributed by atoms with Gasteiger partial charge < -0.3 is 33.2 Å². The van der Waals surface area contributed by atoms with Crippen LogP contribution in [-0.4, -0.2) is 52.2 Å². The molecule has 0 aliphatic rings. The van der Waals surface area contributed by atoms with E-state index in [0.29, 0.717) is 26.4 Å². The number of rotatable bonds is 42. The lowest BCUT2D eigenvalue weighted by molar-refractivity contribution is -0.167. The second kappa shape index (κ2) is 40.2. The second-order valence-corrected chi connectivity index (χ2v) is 14.5. The van der Waals surface area contributed by atoms with Crippen LogP contribution in [0.4, 0.5) is 0 Å². The molecule has 0 aliphatic heterocycles. The van der Waals surface area contributed by atoms with Crippen LogP contribution in [0.5, 0.6) is 0 Å². The van der Waals surface area contributed by atoms with Crippen LogP contribution in [0.3, 0.4) is 0 Å². The summed E-state index contributed by atoms with van der Waals surface area (Å²) < 4.78 is 44.1. The van der Waals surface area contributed by atoms with Gasteiger partial charge in [0.15, 0.2) is 25.1 Å². The molecule has 0 saturated carbocycles. The molecule has 2 atom stereocenters. The van der Waals surface area contributed by atoms with Crippen LogP contribution in [0.2, 0.25) is 0 Å². The summed E-state index contributed by atoms with van der Waals surface area (Å²) in [6, 6.07) is 0. The van der Waals surface area contributed by atoms with Gasteiger partial charge >= 0.3 is 0 Å². The van der Waals surface area contributed by atoms with E-state index in [1.54, 1.807) is 0 Å². The molecule has 0 spiro atoms. The van der Waals surface area contributed by atoms with E-state index in [-0.39, 0.29) is 25.8 Å². The maximum Gasteiger partial charge on any atom is 0.162 e. The molecule has 7 heteroatoms. The lowest BCUT2D eigenvalue weighted by Gasteiger charge is -2.26. The third-order valence-electron chi connectivity index (χ3n) is 9.73. The molecule has 0 aliphatic carbocycles. The molecular formula is C46H90O7. The zero-order valence-electron chi connectivity index (χ0n) is 36.6. The van der Waals surface area contributed by atoms with Gasteiger partial charge in [0.05, 0.1) is 26.4 Å². The van der Waals surface area contributed by atoms with Crippen molar-refractivity contribution in [3.8, 4) is 0 Å². The number of ether oxygens (including phenoxy) is 7. The zero-order valence-corrected chi connectivity index (χ0v) is 36.6. The third-order valence-corrected chi connectivity index (χ3v) is 9.73. The van der Waals surface area contributed by atoms with Gasteiger partial charge in [0, 0.05) is 12.8 Å². The highest BCUT2D eigenvalue weighted by Gasteiger charge is 2.24. The molecule has 7 nitrogen and oxygen atoms in total. The number of hydrogen-bond acceptors (Lipinski definition) is 7. The van der Waals surface area contributed by atoms with Crippen LogP contribution in [-0.2, 0) is 33.2 Å². The Hall–Kier alpha value is -1.44. The minimum atomic E-state index is -0.215. The molecule has 0 heterocycles. The topological polar surface area (TPSA) is 64.6 Å². The van der Waals surface area contributed by atoms with Gasteiger partial charge in [-0.3, -0.25) is 0 Å². The van der Waals surface area contributed by atoms with Crippen LogP contribution < -0.4 is 0 Å². The Kier molecular flexibility index (Phi) is 39.1. The molecule has 0 rings (SSSR count). The summed E-state index contributed by atoms with van der Waals surface area (Å²) in [6.07, 6.45) is 30.3. The molecule has 0 saturated heterocycles. The van der Waals surface area contributed by atoms with Crippen molar-refractivity contribution in [2.45, 2.75) is 235 Å². The van der Waals surface area contributed by atoms with Gasteiger partial charge in [-0.05, 0) is 53.4 Å². The fourth-order valence-electron chi connectivity index (χ4n) is 6.77. The number of unbranched alkanes of at least 4 members (excludes halogenated alkanes) is 18. The molecule has 0 bridgehead atoms. The van der Waals surface area contributed by atoms with E-state index >= 15 is 0 Å². The molecule has 0 amide bonds. The summed E-state index contributed by atoms with van der Waals surface area (Å²) in [6.45, 7) is 19.8. The smallest absolute Gasteiger partial charge is 0.162 e. The predicted molar refractivity (Wildman–Crippen MR) is 224 cm³/mol. The summed E-state index contributed by atoms with van der Waals surface area (Å²) in [5, 5.41) is 0. The van der Waals surface area contributed by atoms with Crippen molar-refractivity contribution in [1.82, 2.24) is 0 Å². The van der Waals surface area contributed by atoms with Crippen LogP contribution in [0.1, 0.15) is 222 Å². The van der Waals surface area contributed by atoms with Crippen LogP contribution in [0.15, 0.2) is 23.0 Å². The summed E-state index contributed by atoms with van der Waals surface area (Å²) >= 11 is 0. The van der Waals surface area contributed by atoms with Crippen LogP contribution >= 0.6 is 0 Å². The number of hydrogen-bond donors (Lipinski definition) is 0. The van der Waals surface area contributed by atoms with Gasteiger partial charge in [-0.1, -0.05) is 156 Å². The summed E-state index contributed by atoms with van der Waals surface area (Å²) in [5.74, 6) is 3.58. The monoisotopic (exact) mass is 755 g/mol. The maximum absolute atomic E-state index is 6.46. The normalized spacial score (nSPS) is 13.7. The Labute approximate surface area is 330 Å². The van der Waals surface area contributed by atoms with Crippen molar-refractivity contribution < 1.29 is 33.2 Å². The van der Waals surface area contributed by atoms with Gasteiger partial charge in [0.1, 0.15) is 23.7 Å². The molecule has 53 heavy (non-hydrogen) atoms. The Bertz CT molecular complexity index is 761. The Morgan fingerprint density at radius 2 is 0.642 bits per heavy atom. The lowest BCUT2D eigenvalue weighted by Crippen LogP contribution is -2.25. The first-order valence-corrected chi connectivity index (χ1v) is 22.9. The maximum atomic E-state index is 6.46. The Morgan fingerprint density at radius 3 is 0.962 bits per heavy atom. The van der Waals surface area contributed by atoms with Crippen molar-refractivity contribution in [2.75, 3.05) is 40.0 Å². The summed E-state index contributed by atoms with van der Waals surface area (Å²) in [4.78, 5) is 0. The average Bonchev–Trinajstić information content (AvgIpc) is 3.16. The summed E-state index contributed by atoms with van der Waals surface area (Å²) in [7, 11) is 0. The first kappa shape index (κ1) is 51.6. The first-order valence-electron chi connectivity index (χ1n) is 22.9. The molecule has 316 valence electrons. The molecule has 0 N–H and O–H groups in total. The quantitative estimate of drug-likeness (QED) is 0.0349. The molecule has 0 aromatic heterocycles. The van der Waals surface area contributed by atoms with E-state index in [2.05, 4.69) is 41.5 Å². The van der Waals surface area contributed by atoms with Crippen LogP contribution in [0.25, 0.3) is 0 Å². The highest BCUT2D eigenvalue weighted by Crippen LogP contribution is 2.27. The fraction of sp³-hybridized carbons (Fsp3) is 0.913. The predicted octanol–water partition coefficient (Wildman–Crippen LogP) is 14.5. The summed E-state index contributed by atoms with van der Waals surface area (Å²) in [5.41, 5.74) is 0. The zero-order chi connectivity index (χ0) is 39.0. The molecule has 0 aromatic carbocycles. The highest BCUT2D eigenvalue weighted by molar-refractivity contribution is 5.09. The average molecular weight is 755 g/mol. The standard InChI is InChI=1S/C46H90O7/c1-9-17-21-23-25-27-29-33-37-41(48-13-5)45(50-15-7)43(35-31-19-11-3)52-39-47-40-53-44(36-32-20-12-4)46(51-16-8)42(49-14-6)38-34-30-28-26-24-22-18-10-2/h43-44H,9-40H2,1-8H3. The molecule has 2 unspecified atom stereocenters. The Balaban J connectivity index is 5.64. The lowest BCUT2D eigenvalue weighted by atomic mass is 10.0. The molecule has 0 aromatic rings. The van der Waals surface area contributed by atoms with Gasteiger partial charge in [-0.25, -0.2) is 0 Å². The van der Waals surface area contributed by atoms with E-state index in [9.17, 15) is 0 Å². The number of allylic oxidation sites excluding steroid dienone is 2. The van der Waals surface area contributed by atoms with Gasteiger partial charge in [-0.15, -0.1) is 0 Å². The van der Waals surface area contributed by atoms with Crippen molar-refractivity contribution in [3.05, 3.63) is 23.0 Å². The minimum Gasteiger partial charge on any atom is -0.495 e. The molecule has 0 radical (unpaired) electrons. The van der Waals surface area contributed by atoms with E-state index in [0.717, 1.165) is 100 Å².